The highest BCUT2D eigenvalue weighted by molar-refractivity contribution is 8.02. The smallest absolute Gasteiger partial charge is 0.244 e. The maximum absolute atomic E-state index is 11.4. The van der Waals surface area contributed by atoms with Crippen molar-refractivity contribution in [1.82, 2.24) is 5.32 Å². The summed E-state index contributed by atoms with van der Waals surface area (Å²) in [5.74, 6) is 0.745. The molecule has 0 saturated heterocycles. The lowest BCUT2D eigenvalue weighted by Gasteiger charge is -1.98. The van der Waals surface area contributed by atoms with E-state index in [2.05, 4.69) is 5.32 Å². The second-order valence-electron chi connectivity index (χ2n) is 3.92. The summed E-state index contributed by atoms with van der Waals surface area (Å²) in [5.41, 5.74) is 0. The Morgan fingerprint density at radius 2 is 2.12 bits per heavy atom. The average molecular weight is 233 g/mol. The fourth-order valence-electron chi connectivity index (χ4n) is 1.30. The molecule has 1 fully saturated rings. The first-order valence-corrected chi connectivity index (χ1v) is 6.38. The molecule has 0 radical (unpaired) electrons. The van der Waals surface area contributed by atoms with E-state index in [1.54, 1.807) is 17.8 Å². The van der Waals surface area contributed by atoms with Crippen LogP contribution in [0.15, 0.2) is 46.7 Å². The molecule has 16 heavy (non-hydrogen) atoms. The number of thioether (sulfide) groups is 1. The monoisotopic (exact) mass is 233 g/mol. The Morgan fingerprint density at radius 3 is 2.81 bits per heavy atom. The fourth-order valence-corrected chi connectivity index (χ4v) is 1.96. The maximum atomic E-state index is 11.4. The van der Waals surface area contributed by atoms with E-state index < -0.39 is 0 Å². The van der Waals surface area contributed by atoms with Gasteiger partial charge in [-0.1, -0.05) is 30.0 Å². The molecule has 84 valence electrons. The lowest BCUT2D eigenvalue weighted by molar-refractivity contribution is -0.116. The number of rotatable bonds is 5. The van der Waals surface area contributed by atoms with Crippen LogP contribution in [-0.4, -0.2) is 12.5 Å². The van der Waals surface area contributed by atoms with Crippen molar-refractivity contribution in [3.63, 3.8) is 0 Å². The molecular formula is C13H15NOS. The van der Waals surface area contributed by atoms with Crippen molar-refractivity contribution in [3.05, 3.63) is 41.8 Å². The van der Waals surface area contributed by atoms with E-state index in [4.69, 9.17) is 0 Å². The fraction of sp³-hybridized carbons (Fsp3) is 0.308. The van der Waals surface area contributed by atoms with Crippen LogP contribution in [-0.2, 0) is 4.79 Å². The third kappa shape index (κ3) is 4.11. The highest BCUT2D eigenvalue weighted by Gasteiger charge is 2.20. The van der Waals surface area contributed by atoms with Gasteiger partial charge >= 0.3 is 0 Å². The molecule has 0 heterocycles. The number of hydrogen-bond donors (Lipinski definition) is 1. The molecule has 3 heteroatoms. The predicted octanol–water partition coefficient (Wildman–Crippen LogP) is 2.82. The van der Waals surface area contributed by atoms with Gasteiger partial charge < -0.3 is 5.32 Å². The summed E-state index contributed by atoms with van der Waals surface area (Å²) >= 11 is 1.56. The first-order valence-electron chi connectivity index (χ1n) is 5.50. The molecule has 0 bridgehead atoms. The van der Waals surface area contributed by atoms with E-state index in [1.165, 1.54) is 12.8 Å². The van der Waals surface area contributed by atoms with Gasteiger partial charge in [0.15, 0.2) is 0 Å². The summed E-state index contributed by atoms with van der Waals surface area (Å²) in [5, 5.41) is 4.72. The van der Waals surface area contributed by atoms with Gasteiger partial charge in [-0.05, 0) is 36.3 Å². The van der Waals surface area contributed by atoms with Crippen molar-refractivity contribution in [2.75, 3.05) is 6.54 Å². The van der Waals surface area contributed by atoms with Crippen molar-refractivity contribution in [2.45, 2.75) is 17.7 Å². The van der Waals surface area contributed by atoms with E-state index in [0.717, 1.165) is 17.4 Å². The van der Waals surface area contributed by atoms with Crippen LogP contribution in [0.2, 0.25) is 0 Å². The predicted molar refractivity (Wildman–Crippen MR) is 67.2 cm³/mol. The minimum absolute atomic E-state index is 0.00957. The second kappa shape index (κ2) is 5.75. The first-order chi connectivity index (χ1) is 7.84. The molecule has 0 aromatic heterocycles. The first kappa shape index (κ1) is 11.3. The van der Waals surface area contributed by atoms with Gasteiger partial charge in [0, 0.05) is 17.5 Å². The van der Waals surface area contributed by atoms with Gasteiger partial charge in [-0.15, -0.1) is 0 Å². The summed E-state index contributed by atoms with van der Waals surface area (Å²) in [6, 6.07) is 10.0. The SMILES string of the molecule is O=C(C=CSc1ccccc1)NCC1CC1. The molecule has 0 aliphatic heterocycles. The second-order valence-corrected chi connectivity index (χ2v) is 4.90. The van der Waals surface area contributed by atoms with E-state index in [1.807, 2.05) is 35.7 Å². The molecule has 0 atom stereocenters. The number of hydrogen-bond acceptors (Lipinski definition) is 2. The molecule has 1 aliphatic carbocycles. The van der Waals surface area contributed by atoms with Crippen molar-refractivity contribution >= 4 is 17.7 Å². The van der Waals surface area contributed by atoms with Crippen molar-refractivity contribution in [1.29, 1.82) is 0 Å². The molecular weight excluding hydrogens is 218 g/mol. The zero-order chi connectivity index (χ0) is 11.2. The Hall–Kier alpha value is -1.22. The molecule has 1 aliphatic rings. The van der Waals surface area contributed by atoms with Crippen LogP contribution in [0.3, 0.4) is 0 Å². The van der Waals surface area contributed by atoms with Crippen LogP contribution in [0.4, 0.5) is 0 Å². The molecule has 1 saturated carbocycles. The number of carbonyl (C=O) groups is 1. The summed E-state index contributed by atoms with van der Waals surface area (Å²) in [7, 11) is 0. The van der Waals surface area contributed by atoms with Gasteiger partial charge in [0.2, 0.25) is 5.91 Å². The van der Waals surface area contributed by atoms with Gasteiger partial charge in [0.25, 0.3) is 0 Å². The minimum atomic E-state index is 0.00957. The lowest BCUT2D eigenvalue weighted by atomic mass is 10.4. The quantitative estimate of drug-likeness (QED) is 0.626. The van der Waals surface area contributed by atoms with Crippen LogP contribution in [0.5, 0.6) is 0 Å². The Balaban J connectivity index is 1.69. The van der Waals surface area contributed by atoms with Gasteiger partial charge in [-0.25, -0.2) is 0 Å². The van der Waals surface area contributed by atoms with Crippen molar-refractivity contribution < 1.29 is 4.79 Å². The number of nitrogens with one attached hydrogen (secondary N) is 1. The number of benzene rings is 1. The normalized spacial score (nSPS) is 15.2. The molecule has 2 nitrogen and oxygen atoms in total. The Kier molecular flexibility index (Phi) is 4.05. The zero-order valence-corrected chi connectivity index (χ0v) is 9.87. The summed E-state index contributed by atoms with van der Waals surface area (Å²) < 4.78 is 0. The number of amides is 1. The molecule has 1 aromatic rings. The van der Waals surface area contributed by atoms with Crippen LogP contribution in [0.25, 0.3) is 0 Å². The third-order valence-corrected chi connectivity index (χ3v) is 3.25. The van der Waals surface area contributed by atoms with Crippen LogP contribution < -0.4 is 5.32 Å². The van der Waals surface area contributed by atoms with Gasteiger partial charge in [0.1, 0.15) is 0 Å². The summed E-state index contributed by atoms with van der Waals surface area (Å²) in [6.45, 7) is 0.833. The standard InChI is InChI=1S/C13H15NOS/c15-13(14-10-11-6-7-11)8-9-16-12-4-2-1-3-5-12/h1-5,8-9,11H,6-7,10H2,(H,14,15). The maximum Gasteiger partial charge on any atom is 0.244 e. The number of carbonyl (C=O) groups excluding carboxylic acids is 1. The van der Waals surface area contributed by atoms with Gasteiger partial charge in [-0.2, -0.15) is 0 Å². The molecule has 2 rings (SSSR count). The van der Waals surface area contributed by atoms with Crippen LogP contribution in [0.1, 0.15) is 12.8 Å². The third-order valence-electron chi connectivity index (χ3n) is 2.43. The van der Waals surface area contributed by atoms with E-state index >= 15 is 0 Å². The Labute approximate surface area is 100 Å². The molecule has 1 aromatic carbocycles. The molecule has 0 spiro atoms. The minimum Gasteiger partial charge on any atom is -0.352 e. The van der Waals surface area contributed by atoms with Crippen molar-refractivity contribution in [2.24, 2.45) is 5.92 Å². The van der Waals surface area contributed by atoms with Crippen LogP contribution >= 0.6 is 11.8 Å². The topological polar surface area (TPSA) is 29.1 Å². The van der Waals surface area contributed by atoms with E-state index in [9.17, 15) is 4.79 Å². The van der Waals surface area contributed by atoms with E-state index in [-0.39, 0.29) is 5.91 Å². The zero-order valence-electron chi connectivity index (χ0n) is 9.06. The molecule has 1 amide bonds. The van der Waals surface area contributed by atoms with Gasteiger partial charge in [-0.3, -0.25) is 4.79 Å². The van der Waals surface area contributed by atoms with E-state index in [0.29, 0.717) is 0 Å². The molecule has 1 N–H and O–H groups in total. The summed E-state index contributed by atoms with van der Waals surface area (Å²) in [6.07, 6.45) is 4.13. The summed E-state index contributed by atoms with van der Waals surface area (Å²) in [4.78, 5) is 12.5. The Bertz CT molecular complexity index is 371. The van der Waals surface area contributed by atoms with Gasteiger partial charge in [0.05, 0.1) is 0 Å². The Morgan fingerprint density at radius 1 is 1.38 bits per heavy atom. The van der Waals surface area contributed by atoms with Crippen LogP contribution in [0, 0.1) is 5.92 Å². The molecule has 0 unspecified atom stereocenters. The average Bonchev–Trinajstić information content (AvgIpc) is 3.12. The lowest BCUT2D eigenvalue weighted by Crippen LogP contribution is -2.23. The largest absolute Gasteiger partial charge is 0.352 e. The highest BCUT2D eigenvalue weighted by atomic mass is 32.2. The van der Waals surface area contributed by atoms with Crippen molar-refractivity contribution in [3.8, 4) is 0 Å². The highest BCUT2D eigenvalue weighted by Crippen LogP contribution is 2.27.